The van der Waals surface area contributed by atoms with Crippen molar-refractivity contribution in [3.8, 4) is 11.5 Å². The number of carbonyl (C=O) groups excluding carboxylic acids is 1. The third kappa shape index (κ3) is 8.76. The number of ether oxygens (including phenoxy) is 2. The van der Waals surface area contributed by atoms with Crippen molar-refractivity contribution in [3.05, 3.63) is 58.7 Å². The van der Waals surface area contributed by atoms with E-state index >= 15 is 0 Å². The van der Waals surface area contributed by atoms with Gasteiger partial charge >= 0.3 is 12.4 Å². The molecule has 0 aromatic heterocycles. The molecule has 0 N–H and O–H groups in total. The van der Waals surface area contributed by atoms with Crippen molar-refractivity contribution >= 4 is 16.0 Å². The molecule has 1 aliphatic rings. The lowest BCUT2D eigenvalue weighted by molar-refractivity contribution is -0.143. The summed E-state index contributed by atoms with van der Waals surface area (Å²) in [5.41, 5.74) is -3.56. The van der Waals surface area contributed by atoms with Gasteiger partial charge in [-0.25, -0.2) is 0 Å². The van der Waals surface area contributed by atoms with E-state index in [2.05, 4.69) is 0 Å². The molecule has 2 aromatic carbocycles. The third-order valence-corrected chi connectivity index (χ3v) is 7.56. The minimum Gasteiger partial charge on any atom is -0.490 e. The second-order valence-electron chi connectivity index (χ2n) is 10.1. The Labute approximate surface area is 240 Å². The van der Waals surface area contributed by atoms with Crippen molar-refractivity contribution < 1.29 is 53.2 Å². The molecule has 0 spiro atoms. The van der Waals surface area contributed by atoms with Crippen LogP contribution < -0.4 is 9.47 Å². The van der Waals surface area contributed by atoms with Gasteiger partial charge < -0.3 is 14.4 Å². The second-order valence-corrected chi connectivity index (χ2v) is 11.7. The van der Waals surface area contributed by atoms with Gasteiger partial charge in [0.1, 0.15) is 0 Å². The molecule has 1 fully saturated rings. The summed E-state index contributed by atoms with van der Waals surface area (Å²) < 4.78 is 120. The minimum absolute atomic E-state index is 0.0174. The molecule has 14 heteroatoms. The maximum atomic E-state index is 13.3. The van der Waals surface area contributed by atoms with Crippen molar-refractivity contribution in [2.45, 2.75) is 57.3 Å². The number of benzene rings is 2. The van der Waals surface area contributed by atoms with Crippen LogP contribution in [-0.2, 0) is 43.3 Å². The Balaban J connectivity index is 1.96. The lowest BCUT2D eigenvalue weighted by Crippen LogP contribution is -2.49. The Morgan fingerprint density at radius 2 is 1.52 bits per heavy atom. The Hall–Kier alpha value is -3.00. The molecule has 3 rings (SSSR count). The van der Waals surface area contributed by atoms with E-state index in [1.807, 2.05) is 0 Å². The van der Waals surface area contributed by atoms with E-state index in [-0.39, 0.29) is 32.2 Å². The van der Waals surface area contributed by atoms with Gasteiger partial charge in [0.05, 0.1) is 43.6 Å². The molecular formula is C28H33F6NO6S. The first kappa shape index (κ1) is 33.5. The Morgan fingerprint density at radius 3 is 2.07 bits per heavy atom. The first-order valence-corrected chi connectivity index (χ1v) is 15.1. The molecule has 2 aromatic rings. The molecule has 0 aliphatic carbocycles. The van der Waals surface area contributed by atoms with E-state index in [4.69, 9.17) is 13.7 Å². The number of amides is 1. The van der Waals surface area contributed by atoms with Gasteiger partial charge in [-0.2, -0.15) is 34.8 Å². The molecule has 0 unspecified atom stereocenters. The fourth-order valence-corrected chi connectivity index (χ4v) is 5.49. The predicted octanol–water partition coefficient (Wildman–Crippen LogP) is 5.99. The highest BCUT2D eigenvalue weighted by atomic mass is 32.2. The molecule has 1 amide bonds. The molecule has 0 bridgehead atoms. The average Bonchev–Trinajstić information content (AvgIpc) is 2.88. The van der Waals surface area contributed by atoms with E-state index in [1.165, 1.54) is 4.90 Å². The van der Waals surface area contributed by atoms with Crippen molar-refractivity contribution in [2.75, 3.05) is 39.2 Å². The van der Waals surface area contributed by atoms with E-state index in [9.17, 15) is 39.6 Å². The topological polar surface area (TPSA) is 82.1 Å². The highest BCUT2D eigenvalue weighted by Crippen LogP contribution is 2.42. The van der Waals surface area contributed by atoms with Gasteiger partial charge in [0.2, 0.25) is 5.91 Å². The van der Waals surface area contributed by atoms with Crippen molar-refractivity contribution in [1.29, 1.82) is 0 Å². The molecule has 1 aliphatic heterocycles. The fourth-order valence-electron chi connectivity index (χ4n) is 5.11. The summed E-state index contributed by atoms with van der Waals surface area (Å²) in [6.07, 6.45) is -8.74. The molecule has 7 nitrogen and oxygen atoms in total. The van der Waals surface area contributed by atoms with Gasteiger partial charge in [0.15, 0.2) is 11.5 Å². The van der Waals surface area contributed by atoms with Gasteiger partial charge in [0, 0.05) is 18.5 Å². The summed E-state index contributed by atoms with van der Waals surface area (Å²) in [5.74, 6) is 0.262. The zero-order valence-corrected chi connectivity index (χ0v) is 24.2. The standard InChI is InChI=1S/C28H33F6NO6S/c1-4-39-23-8-7-20(17-24(23)40-5-2)26(10-12-41-42(3,37)38)9-6-11-35(18-26)25(36)15-19-13-21(27(29,30)31)16-22(14-19)28(32,33)34/h7-8,13-14,16-17H,4-6,9-12,15,18H2,1-3H3/t26-/m1/s1. The van der Waals surface area contributed by atoms with E-state index < -0.39 is 56.9 Å². The van der Waals surface area contributed by atoms with Gasteiger partial charge in [0.25, 0.3) is 10.1 Å². The van der Waals surface area contributed by atoms with Crippen LogP contribution in [0.1, 0.15) is 55.4 Å². The zero-order valence-electron chi connectivity index (χ0n) is 23.4. The monoisotopic (exact) mass is 625 g/mol. The summed E-state index contributed by atoms with van der Waals surface area (Å²) in [5, 5.41) is 0. The minimum atomic E-state index is -5.04. The Kier molecular flexibility index (Phi) is 10.5. The van der Waals surface area contributed by atoms with E-state index in [0.717, 1.165) is 6.26 Å². The molecule has 1 saturated heterocycles. The smallest absolute Gasteiger partial charge is 0.416 e. The maximum absolute atomic E-state index is 13.3. The molecule has 1 atom stereocenters. The zero-order chi connectivity index (χ0) is 31.3. The summed E-state index contributed by atoms with van der Waals surface area (Å²) in [7, 11) is -3.78. The van der Waals surface area contributed by atoms with E-state index in [0.29, 0.717) is 55.3 Å². The van der Waals surface area contributed by atoms with Gasteiger partial charge in [-0.15, -0.1) is 0 Å². The van der Waals surface area contributed by atoms with Gasteiger partial charge in [-0.1, -0.05) is 6.07 Å². The third-order valence-electron chi connectivity index (χ3n) is 6.97. The Bertz CT molecular complexity index is 1330. The average molecular weight is 626 g/mol. The molecule has 0 radical (unpaired) electrons. The molecule has 1 heterocycles. The SMILES string of the molecule is CCOc1ccc([C@@]2(CCOS(C)(=O)=O)CCCN(C(=O)Cc3cc(C(F)(F)F)cc(C(F)(F)F)c3)C2)cc1OCC. The molecule has 234 valence electrons. The Morgan fingerprint density at radius 1 is 0.929 bits per heavy atom. The fraction of sp³-hybridized carbons (Fsp3) is 0.536. The quantitative estimate of drug-likeness (QED) is 0.226. The van der Waals surface area contributed by atoms with Crippen LogP contribution in [0.3, 0.4) is 0 Å². The van der Waals surface area contributed by atoms with Crippen molar-refractivity contribution in [1.82, 2.24) is 4.90 Å². The molecule has 0 saturated carbocycles. The maximum Gasteiger partial charge on any atom is 0.416 e. The lowest BCUT2D eigenvalue weighted by atomic mass is 9.71. The summed E-state index contributed by atoms with van der Waals surface area (Å²) in [4.78, 5) is 14.7. The highest BCUT2D eigenvalue weighted by Gasteiger charge is 2.40. The van der Waals surface area contributed by atoms with Gasteiger partial charge in [-0.05, 0) is 74.6 Å². The lowest BCUT2D eigenvalue weighted by Gasteiger charge is -2.43. The largest absolute Gasteiger partial charge is 0.490 e. The van der Waals surface area contributed by atoms with Crippen molar-refractivity contribution in [2.24, 2.45) is 0 Å². The summed E-state index contributed by atoms with van der Waals surface area (Å²) in [6.45, 7) is 4.34. The van der Waals surface area contributed by atoms with Crippen molar-refractivity contribution in [3.63, 3.8) is 0 Å². The van der Waals surface area contributed by atoms with Crippen LogP contribution in [0.25, 0.3) is 0 Å². The number of nitrogens with zero attached hydrogens (tertiary/aromatic N) is 1. The van der Waals surface area contributed by atoms with Crippen LogP contribution in [0.5, 0.6) is 11.5 Å². The normalized spacial score (nSPS) is 18.2. The number of alkyl halides is 6. The summed E-state index contributed by atoms with van der Waals surface area (Å²) in [6, 6.07) is 6.32. The van der Waals surface area contributed by atoms with Crippen LogP contribution in [0.15, 0.2) is 36.4 Å². The highest BCUT2D eigenvalue weighted by molar-refractivity contribution is 7.85. The van der Waals surface area contributed by atoms with E-state index in [1.54, 1.807) is 32.0 Å². The second kappa shape index (κ2) is 13.1. The van der Waals surface area contributed by atoms with Gasteiger partial charge in [-0.3, -0.25) is 8.98 Å². The number of piperidine rings is 1. The number of hydrogen-bond donors (Lipinski definition) is 0. The first-order valence-electron chi connectivity index (χ1n) is 13.3. The number of likely N-dealkylation sites (tertiary alicyclic amines) is 1. The van der Waals surface area contributed by atoms with Crippen LogP contribution in [0, 0.1) is 0 Å². The number of carbonyl (C=O) groups is 1. The molecule has 42 heavy (non-hydrogen) atoms. The predicted molar refractivity (Wildman–Crippen MR) is 142 cm³/mol. The number of hydrogen-bond acceptors (Lipinski definition) is 6. The summed E-state index contributed by atoms with van der Waals surface area (Å²) >= 11 is 0. The van der Waals surface area contributed by atoms with Crippen LogP contribution in [0.4, 0.5) is 26.3 Å². The van der Waals surface area contributed by atoms with Crippen LogP contribution in [-0.4, -0.2) is 58.4 Å². The number of rotatable bonds is 11. The van der Waals surface area contributed by atoms with Crippen LogP contribution in [0.2, 0.25) is 0 Å². The number of halogens is 6. The van der Waals surface area contributed by atoms with Crippen LogP contribution >= 0.6 is 0 Å². The first-order chi connectivity index (χ1) is 19.5. The molecular weight excluding hydrogens is 592 g/mol.